The number of H-pyrrole nitrogens is 1. The first kappa shape index (κ1) is 27.4. The molecule has 0 bridgehead atoms. The van der Waals surface area contributed by atoms with Gasteiger partial charge in [-0.05, 0) is 56.5 Å². The van der Waals surface area contributed by atoms with Crippen LogP contribution < -0.4 is 4.31 Å². The van der Waals surface area contributed by atoms with Crippen LogP contribution in [0.3, 0.4) is 0 Å². The Kier molecular flexibility index (Phi) is 7.86. The summed E-state index contributed by atoms with van der Waals surface area (Å²) in [6.07, 6.45) is 6.62. The monoisotopic (exact) mass is 580 g/mol. The average molecular weight is 581 g/mol. The summed E-state index contributed by atoms with van der Waals surface area (Å²) in [7, 11) is -3.69. The van der Waals surface area contributed by atoms with Gasteiger partial charge in [0.25, 0.3) is 10.0 Å². The molecule has 0 saturated carbocycles. The Morgan fingerprint density at radius 1 is 1.13 bits per heavy atom. The molecule has 1 aliphatic rings. The fourth-order valence-corrected chi connectivity index (χ4v) is 8.74. The standard InChI is InChI=1S/C27H28N6O2S3.CH4/c1-18(2)33(38(34,35)24-8-4-13-36-24)23-7-3-6-19-14-22(31-25(19)23)27-30-15-21(37-27)17-32-12-9-20(16-32)26-28-10-5-11-29-26;/h3-8,10-11,13-15,18,20,31H,9,12,16-17H2,1-2H3;1H4. The van der Waals surface area contributed by atoms with E-state index < -0.39 is 10.0 Å². The van der Waals surface area contributed by atoms with Gasteiger partial charge in [-0.2, -0.15) is 0 Å². The van der Waals surface area contributed by atoms with Gasteiger partial charge in [0.05, 0.1) is 16.9 Å². The van der Waals surface area contributed by atoms with Crippen LogP contribution in [0.1, 0.15) is 44.3 Å². The number of aromatic nitrogens is 4. The van der Waals surface area contributed by atoms with Crippen molar-refractivity contribution in [3.05, 3.63) is 77.1 Å². The van der Waals surface area contributed by atoms with Gasteiger partial charge in [0, 0.05) is 53.9 Å². The Balaban J connectivity index is 0.00000308. The van der Waals surface area contributed by atoms with Crippen LogP contribution in [0.15, 0.2) is 70.6 Å². The summed E-state index contributed by atoms with van der Waals surface area (Å²) in [6.45, 7) is 6.58. The van der Waals surface area contributed by atoms with Crippen LogP contribution in [0, 0.1) is 0 Å². The number of benzene rings is 1. The van der Waals surface area contributed by atoms with Crippen molar-refractivity contribution in [2.45, 2.75) is 50.4 Å². The van der Waals surface area contributed by atoms with E-state index in [4.69, 9.17) is 4.98 Å². The second kappa shape index (κ2) is 11.2. The molecule has 0 radical (unpaired) electrons. The van der Waals surface area contributed by atoms with E-state index in [2.05, 4.69) is 25.9 Å². The first-order chi connectivity index (χ1) is 18.4. The van der Waals surface area contributed by atoms with E-state index in [9.17, 15) is 8.42 Å². The maximum atomic E-state index is 13.5. The molecule has 1 atom stereocenters. The van der Waals surface area contributed by atoms with Gasteiger partial charge in [0.2, 0.25) is 0 Å². The van der Waals surface area contributed by atoms with Gasteiger partial charge in [-0.1, -0.05) is 25.6 Å². The summed E-state index contributed by atoms with van der Waals surface area (Å²) in [6, 6.07) is 12.8. The van der Waals surface area contributed by atoms with Gasteiger partial charge >= 0.3 is 0 Å². The fourth-order valence-electron chi connectivity index (χ4n) is 5.07. The number of nitrogens with one attached hydrogen (secondary N) is 1. The first-order valence-electron chi connectivity index (χ1n) is 12.5. The molecule has 1 aliphatic heterocycles. The van der Waals surface area contributed by atoms with Gasteiger partial charge in [0.1, 0.15) is 15.0 Å². The molecule has 39 heavy (non-hydrogen) atoms. The summed E-state index contributed by atoms with van der Waals surface area (Å²) in [5, 5.41) is 3.63. The molecule has 4 aromatic heterocycles. The SMILES string of the molecule is C.CC(C)N(c1cccc2cc(-c3ncc(CN4CCC(c5ncccn5)C4)s3)[nH]c12)S(=O)(=O)c1cccs1. The Bertz CT molecular complexity index is 1650. The van der Waals surface area contributed by atoms with Crippen molar-refractivity contribution in [1.82, 2.24) is 24.8 Å². The lowest BCUT2D eigenvalue weighted by Crippen LogP contribution is -2.36. The van der Waals surface area contributed by atoms with E-state index in [1.807, 2.05) is 56.7 Å². The maximum Gasteiger partial charge on any atom is 0.274 e. The van der Waals surface area contributed by atoms with E-state index >= 15 is 0 Å². The molecule has 204 valence electrons. The third-order valence-electron chi connectivity index (χ3n) is 6.74. The molecular weight excluding hydrogens is 549 g/mol. The van der Waals surface area contributed by atoms with Crippen molar-refractivity contribution >= 4 is 49.3 Å². The fraction of sp³-hybridized carbons (Fsp3) is 0.321. The molecule has 1 unspecified atom stereocenters. The Morgan fingerprint density at radius 2 is 1.95 bits per heavy atom. The summed E-state index contributed by atoms with van der Waals surface area (Å²) in [5.74, 6) is 1.29. The number of hydrogen-bond acceptors (Lipinski definition) is 8. The molecule has 5 heterocycles. The number of aromatic amines is 1. The van der Waals surface area contributed by atoms with Crippen LogP contribution in [0.4, 0.5) is 5.69 Å². The molecule has 0 amide bonds. The molecule has 1 aromatic carbocycles. The lowest BCUT2D eigenvalue weighted by atomic mass is 10.1. The minimum absolute atomic E-state index is 0. The van der Waals surface area contributed by atoms with Crippen LogP contribution in [-0.4, -0.2) is 52.4 Å². The van der Waals surface area contributed by atoms with Gasteiger partial charge in [-0.25, -0.2) is 23.4 Å². The highest BCUT2D eigenvalue weighted by molar-refractivity contribution is 7.94. The molecule has 5 aromatic rings. The highest BCUT2D eigenvalue weighted by Crippen LogP contribution is 2.37. The Labute approximate surface area is 237 Å². The molecule has 1 fully saturated rings. The van der Waals surface area contributed by atoms with Gasteiger partial charge in [0.15, 0.2) is 0 Å². The molecule has 6 rings (SSSR count). The maximum absolute atomic E-state index is 13.5. The predicted molar refractivity (Wildman–Crippen MR) is 160 cm³/mol. The number of thiophene rings is 1. The normalized spacial score (nSPS) is 16.1. The largest absolute Gasteiger partial charge is 0.351 e. The van der Waals surface area contributed by atoms with Crippen LogP contribution in [0.25, 0.3) is 21.6 Å². The molecule has 11 heteroatoms. The Morgan fingerprint density at radius 3 is 2.69 bits per heavy atom. The number of likely N-dealkylation sites (tertiary alicyclic amines) is 1. The predicted octanol–water partition coefficient (Wildman–Crippen LogP) is 6.37. The minimum Gasteiger partial charge on any atom is -0.351 e. The van der Waals surface area contributed by atoms with Crippen molar-refractivity contribution in [2.24, 2.45) is 0 Å². The summed E-state index contributed by atoms with van der Waals surface area (Å²) in [5.41, 5.74) is 2.32. The second-order valence-electron chi connectivity index (χ2n) is 9.71. The van der Waals surface area contributed by atoms with Crippen LogP contribution >= 0.6 is 22.7 Å². The third-order valence-corrected chi connectivity index (χ3v) is 11.1. The third kappa shape index (κ3) is 5.36. The highest BCUT2D eigenvalue weighted by Gasteiger charge is 2.30. The van der Waals surface area contributed by atoms with Gasteiger partial charge in [-0.15, -0.1) is 22.7 Å². The number of thiazole rings is 1. The summed E-state index contributed by atoms with van der Waals surface area (Å²) < 4.78 is 28.9. The number of hydrogen-bond donors (Lipinski definition) is 1. The molecule has 1 saturated heterocycles. The van der Waals surface area contributed by atoms with E-state index in [-0.39, 0.29) is 13.5 Å². The topological polar surface area (TPSA) is 95.1 Å². The zero-order chi connectivity index (χ0) is 26.3. The van der Waals surface area contributed by atoms with Crippen LogP contribution in [0.5, 0.6) is 0 Å². The van der Waals surface area contributed by atoms with E-state index in [0.717, 1.165) is 53.5 Å². The quantitative estimate of drug-likeness (QED) is 0.229. The average Bonchev–Trinajstić information content (AvgIpc) is 3.72. The first-order valence-corrected chi connectivity index (χ1v) is 15.7. The molecule has 0 aliphatic carbocycles. The zero-order valence-electron chi connectivity index (χ0n) is 21.1. The van der Waals surface area contributed by atoms with Crippen molar-refractivity contribution in [2.75, 3.05) is 17.4 Å². The van der Waals surface area contributed by atoms with E-state index in [1.54, 1.807) is 28.8 Å². The Hall–Kier alpha value is -3.12. The number of anilines is 1. The number of para-hydroxylation sites is 1. The van der Waals surface area contributed by atoms with Crippen molar-refractivity contribution < 1.29 is 8.42 Å². The van der Waals surface area contributed by atoms with E-state index in [1.165, 1.54) is 20.5 Å². The summed E-state index contributed by atoms with van der Waals surface area (Å²) in [4.78, 5) is 20.7. The zero-order valence-corrected chi connectivity index (χ0v) is 23.6. The second-order valence-corrected chi connectivity index (χ2v) is 13.8. The molecular formula is C28H32N6O2S3. The smallest absolute Gasteiger partial charge is 0.274 e. The number of fused-ring (bicyclic) bond motifs is 1. The highest BCUT2D eigenvalue weighted by atomic mass is 32.2. The van der Waals surface area contributed by atoms with E-state index in [0.29, 0.717) is 15.8 Å². The van der Waals surface area contributed by atoms with Crippen molar-refractivity contribution in [3.8, 4) is 10.7 Å². The van der Waals surface area contributed by atoms with Gasteiger partial charge in [-0.3, -0.25) is 9.21 Å². The number of sulfonamides is 1. The van der Waals surface area contributed by atoms with Crippen LogP contribution in [0.2, 0.25) is 0 Å². The lowest BCUT2D eigenvalue weighted by molar-refractivity contribution is 0.328. The van der Waals surface area contributed by atoms with Crippen molar-refractivity contribution in [1.29, 1.82) is 0 Å². The molecule has 8 nitrogen and oxygen atoms in total. The number of rotatable bonds is 8. The molecule has 0 spiro atoms. The van der Waals surface area contributed by atoms with Crippen molar-refractivity contribution in [3.63, 3.8) is 0 Å². The lowest BCUT2D eigenvalue weighted by Gasteiger charge is -2.28. The minimum atomic E-state index is -3.69. The van der Waals surface area contributed by atoms with Gasteiger partial charge < -0.3 is 4.98 Å². The van der Waals surface area contributed by atoms with Crippen LogP contribution in [-0.2, 0) is 16.6 Å². The molecule has 1 N–H and O–H groups in total. The summed E-state index contributed by atoms with van der Waals surface area (Å²) >= 11 is 2.90. The number of nitrogens with zero attached hydrogens (tertiary/aromatic N) is 5.